The molecule has 2 N–H and O–H groups in total. The molecule has 0 aliphatic carbocycles. The van der Waals surface area contributed by atoms with Crippen molar-refractivity contribution in [1.82, 2.24) is 18.7 Å². The molecule has 3 rings (SSSR count). The van der Waals surface area contributed by atoms with Crippen LogP contribution in [0.1, 0.15) is 12.0 Å². The van der Waals surface area contributed by atoms with Crippen molar-refractivity contribution in [1.29, 1.82) is 0 Å². The van der Waals surface area contributed by atoms with E-state index in [9.17, 15) is 19.2 Å². The first-order valence-corrected chi connectivity index (χ1v) is 8.49. The van der Waals surface area contributed by atoms with E-state index in [1.165, 1.54) is 29.6 Å². The SMILES string of the molecule is Cn1c(=O)c2c(ncn2CC(=O)Nc2cccc(CCC(=O)O)c2)n(C)c1=O. The van der Waals surface area contributed by atoms with Crippen LogP contribution in [0.25, 0.3) is 11.2 Å². The number of nitrogens with one attached hydrogen (secondary N) is 1. The molecule has 0 aliphatic rings. The Bertz CT molecular complexity index is 1190. The molecule has 2 heterocycles. The van der Waals surface area contributed by atoms with Gasteiger partial charge in [0, 0.05) is 26.2 Å². The van der Waals surface area contributed by atoms with Gasteiger partial charge in [0.2, 0.25) is 5.91 Å². The largest absolute Gasteiger partial charge is 0.481 e. The number of fused-ring (bicyclic) bond motifs is 1. The van der Waals surface area contributed by atoms with Gasteiger partial charge >= 0.3 is 11.7 Å². The van der Waals surface area contributed by atoms with E-state index in [0.29, 0.717) is 12.1 Å². The number of anilines is 1. The van der Waals surface area contributed by atoms with Crippen LogP contribution in [-0.4, -0.2) is 35.7 Å². The highest BCUT2D eigenvalue weighted by Crippen LogP contribution is 2.13. The molecular weight excluding hydrogens is 366 g/mol. The smallest absolute Gasteiger partial charge is 0.332 e. The fourth-order valence-corrected chi connectivity index (χ4v) is 2.93. The summed E-state index contributed by atoms with van der Waals surface area (Å²) in [7, 11) is 2.87. The van der Waals surface area contributed by atoms with Crippen molar-refractivity contribution in [3.8, 4) is 0 Å². The molecule has 0 bridgehead atoms. The number of aromatic nitrogens is 4. The van der Waals surface area contributed by atoms with Crippen LogP contribution in [-0.2, 0) is 36.6 Å². The van der Waals surface area contributed by atoms with Crippen LogP contribution in [0.15, 0.2) is 40.2 Å². The molecule has 0 unspecified atom stereocenters. The van der Waals surface area contributed by atoms with Crippen molar-refractivity contribution in [2.24, 2.45) is 14.1 Å². The van der Waals surface area contributed by atoms with E-state index in [0.717, 1.165) is 10.1 Å². The van der Waals surface area contributed by atoms with Gasteiger partial charge in [-0.3, -0.25) is 23.5 Å². The van der Waals surface area contributed by atoms with Crippen LogP contribution in [0, 0.1) is 0 Å². The number of carbonyl (C=O) groups is 2. The highest BCUT2D eigenvalue weighted by Gasteiger charge is 2.16. The van der Waals surface area contributed by atoms with Crippen molar-refractivity contribution >= 4 is 28.7 Å². The Labute approximate surface area is 158 Å². The fraction of sp³-hybridized carbons (Fsp3) is 0.278. The van der Waals surface area contributed by atoms with Gasteiger partial charge in [-0.05, 0) is 24.1 Å². The molecule has 3 aromatic rings. The number of rotatable bonds is 6. The monoisotopic (exact) mass is 385 g/mol. The lowest BCUT2D eigenvalue weighted by Crippen LogP contribution is -2.37. The van der Waals surface area contributed by atoms with Crippen LogP contribution in [0.3, 0.4) is 0 Å². The number of aryl methyl sites for hydroxylation is 2. The molecule has 0 radical (unpaired) electrons. The summed E-state index contributed by atoms with van der Waals surface area (Å²) in [6.07, 6.45) is 1.70. The van der Waals surface area contributed by atoms with Crippen molar-refractivity contribution in [2.45, 2.75) is 19.4 Å². The molecule has 1 amide bonds. The summed E-state index contributed by atoms with van der Waals surface area (Å²) in [6.45, 7) is -0.163. The molecule has 0 fully saturated rings. The Kier molecular flexibility index (Phi) is 5.12. The molecule has 0 saturated carbocycles. The molecule has 0 aliphatic heterocycles. The molecule has 0 atom stereocenters. The minimum atomic E-state index is -0.891. The van der Waals surface area contributed by atoms with Gasteiger partial charge in [0.1, 0.15) is 6.54 Å². The van der Waals surface area contributed by atoms with Crippen LogP contribution in [0.4, 0.5) is 5.69 Å². The first kappa shape index (κ1) is 19.1. The van der Waals surface area contributed by atoms with E-state index in [-0.39, 0.29) is 30.0 Å². The van der Waals surface area contributed by atoms with Gasteiger partial charge in [-0.2, -0.15) is 0 Å². The van der Waals surface area contributed by atoms with Crippen LogP contribution < -0.4 is 16.6 Å². The normalized spacial score (nSPS) is 10.9. The maximum Gasteiger partial charge on any atom is 0.332 e. The molecule has 146 valence electrons. The number of hydrogen-bond acceptors (Lipinski definition) is 5. The number of benzene rings is 1. The van der Waals surface area contributed by atoms with Gasteiger partial charge in [-0.15, -0.1) is 0 Å². The third-order valence-corrected chi connectivity index (χ3v) is 4.37. The average Bonchev–Trinajstić information content (AvgIpc) is 3.06. The molecule has 10 nitrogen and oxygen atoms in total. The van der Waals surface area contributed by atoms with E-state index in [2.05, 4.69) is 10.3 Å². The van der Waals surface area contributed by atoms with Gasteiger partial charge in [-0.25, -0.2) is 9.78 Å². The molecule has 2 aromatic heterocycles. The summed E-state index contributed by atoms with van der Waals surface area (Å²) >= 11 is 0. The lowest BCUT2D eigenvalue weighted by molar-refractivity contribution is -0.137. The van der Waals surface area contributed by atoms with Crippen molar-refractivity contribution < 1.29 is 14.7 Å². The maximum atomic E-state index is 12.4. The Balaban J connectivity index is 1.81. The van der Waals surface area contributed by atoms with E-state index in [1.807, 2.05) is 0 Å². The zero-order chi connectivity index (χ0) is 20.4. The number of nitrogens with zero attached hydrogens (tertiary/aromatic N) is 4. The lowest BCUT2D eigenvalue weighted by atomic mass is 10.1. The maximum absolute atomic E-state index is 12.4. The summed E-state index contributed by atoms with van der Waals surface area (Å²) in [5.74, 6) is -1.28. The summed E-state index contributed by atoms with van der Waals surface area (Å²) in [5, 5.41) is 11.5. The summed E-state index contributed by atoms with van der Waals surface area (Å²) < 4.78 is 3.60. The minimum absolute atomic E-state index is 0.000437. The Morgan fingerprint density at radius 2 is 1.93 bits per heavy atom. The van der Waals surface area contributed by atoms with Gasteiger partial charge in [0.25, 0.3) is 5.56 Å². The Morgan fingerprint density at radius 3 is 2.64 bits per heavy atom. The highest BCUT2D eigenvalue weighted by molar-refractivity contribution is 5.91. The predicted molar refractivity (Wildman–Crippen MR) is 101 cm³/mol. The van der Waals surface area contributed by atoms with Crippen LogP contribution in [0.2, 0.25) is 0 Å². The second-order valence-electron chi connectivity index (χ2n) is 6.39. The third-order valence-electron chi connectivity index (χ3n) is 4.37. The molecule has 28 heavy (non-hydrogen) atoms. The van der Waals surface area contributed by atoms with E-state index in [4.69, 9.17) is 5.11 Å². The number of hydrogen-bond donors (Lipinski definition) is 2. The summed E-state index contributed by atoms with van der Waals surface area (Å²) in [6, 6.07) is 6.91. The Morgan fingerprint density at radius 1 is 1.18 bits per heavy atom. The summed E-state index contributed by atoms with van der Waals surface area (Å²) in [4.78, 5) is 51.5. The average molecular weight is 385 g/mol. The zero-order valence-electron chi connectivity index (χ0n) is 15.4. The third kappa shape index (κ3) is 3.70. The number of aliphatic carboxylic acids is 1. The van der Waals surface area contributed by atoms with Gasteiger partial charge < -0.3 is 15.0 Å². The Hall–Kier alpha value is -3.69. The van der Waals surface area contributed by atoms with Crippen LogP contribution in [0.5, 0.6) is 0 Å². The topological polar surface area (TPSA) is 128 Å². The number of amides is 1. The first-order valence-electron chi connectivity index (χ1n) is 8.49. The second-order valence-corrected chi connectivity index (χ2v) is 6.39. The second kappa shape index (κ2) is 7.51. The molecular formula is C18H19N5O5. The van der Waals surface area contributed by atoms with E-state index < -0.39 is 17.2 Å². The first-order chi connectivity index (χ1) is 13.3. The number of carbonyl (C=O) groups excluding carboxylic acids is 1. The fourth-order valence-electron chi connectivity index (χ4n) is 2.93. The molecule has 1 aromatic carbocycles. The van der Waals surface area contributed by atoms with Gasteiger partial charge in [0.15, 0.2) is 11.2 Å². The predicted octanol–water partition coefficient (Wildman–Crippen LogP) is 0.0896. The van der Waals surface area contributed by atoms with E-state index in [1.54, 1.807) is 24.3 Å². The summed E-state index contributed by atoms with van der Waals surface area (Å²) in [5.41, 5.74) is 0.658. The lowest BCUT2D eigenvalue weighted by Gasteiger charge is -2.09. The molecule has 0 saturated heterocycles. The van der Waals surface area contributed by atoms with Gasteiger partial charge in [-0.1, -0.05) is 12.1 Å². The number of carboxylic acids is 1. The minimum Gasteiger partial charge on any atom is -0.481 e. The van der Waals surface area contributed by atoms with Gasteiger partial charge in [0.05, 0.1) is 6.33 Å². The number of imidazole rings is 1. The van der Waals surface area contributed by atoms with Crippen molar-refractivity contribution in [3.05, 3.63) is 57.0 Å². The van der Waals surface area contributed by atoms with E-state index >= 15 is 0 Å². The quantitative estimate of drug-likeness (QED) is 0.619. The van der Waals surface area contributed by atoms with Crippen molar-refractivity contribution in [3.63, 3.8) is 0 Å². The van der Waals surface area contributed by atoms with Crippen LogP contribution >= 0.6 is 0 Å². The standard InChI is InChI=1S/C18H19N5O5/c1-21-16-15(17(27)22(2)18(21)28)23(10-19-16)9-13(24)20-12-5-3-4-11(8-12)6-7-14(25)26/h3-5,8,10H,6-7,9H2,1-2H3,(H,20,24)(H,25,26). The zero-order valence-corrected chi connectivity index (χ0v) is 15.4. The van der Waals surface area contributed by atoms with Crippen molar-refractivity contribution in [2.75, 3.05) is 5.32 Å². The molecule has 0 spiro atoms. The molecule has 10 heteroatoms. The number of carboxylic acid groups (broad SMARTS) is 1. The highest BCUT2D eigenvalue weighted by atomic mass is 16.4.